The highest BCUT2D eigenvalue weighted by atomic mass is 35.5. The van der Waals surface area contributed by atoms with Gasteiger partial charge < -0.3 is 5.73 Å². The Labute approximate surface area is 67.7 Å². The summed E-state index contributed by atoms with van der Waals surface area (Å²) in [5, 5.41) is 0. The molecule has 56 valence electrons. The largest absolute Gasteiger partial charge is 0.387 e. The smallest absolute Gasteiger partial charge is 0.104 e. The van der Waals surface area contributed by atoms with Crippen LogP contribution >= 0.6 is 25.0 Å². The molecule has 0 aliphatic carbocycles. The van der Waals surface area contributed by atoms with Gasteiger partial charge in [-0.1, -0.05) is 0 Å². The summed E-state index contributed by atoms with van der Waals surface area (Å²) >= 11 is 3.93. The number of nitrogens with zero attached hydrogens (tertiary/aromatic N) is 1. The lowest BCUT2D eigenvalue weighted by molar-refractivity contribution is 0.833. The van der Waals surface area contributed by atoms with Crippen LogP contribution in [0.15, 0.2) is 4.99 Å². The van der Waals surface area contributed by atoms with Gasteiger partial charge in [-0.3, -0.25) is 4.99 Å². The van der Waals surface area contributed by atoms with Gasteiger partial charge in [0.25, 0.3) is 0 Å². The summed E-state index contributed by atoms with van der Waals surface area (Å²) in [5.41, 5.74) is 5.35. The van der Waals surface area contributed by atoms with Gasteiger partial charge in [-0.05, 0) is 13.8 Å². The molecule has 0 bridgehead atoms. The highest BCUT2D eigenvalue weighted by molar-refractivity contribution is 7.81. The molecule has 0 rings (SSSR count). The molecular formula is C5H13ClN2S. The van der Waals surface area contributed by atoms with Crippen LogP contribution in [-0.4, -0.2) is 17.6 Å². The first-order valence-corrected chi connectivity index (χ1v) is 3.23. The standard InChI is InChI=1S/C5H12N2S.ClH/c1-4(2)7-5(6)3-8;/h4,8H,3H2,1-2H3,(H2,6,7);1H. The topological polar surface area (TPSA) is 38.4 Å². The monoisotopic (exact) mass is 168 g/mol. The molecule has 4 heteroatoms. The fourth-order valence-electron chi connectivity index (χ4n) is 0.372. The Morgan fingerprint density at radius 2 is 2.11 bits per heavy atom. The van der Waals surface area contributed by atoms with Crippen molar-refractivity contribution >= 4 is 30.9 Å². The van der Waals surface area contributed by atoms with Crippen LogP contribution in [0.25, 0.3) is 0 Å². The average molecular weight is 169 g/mol. The van der Waals surface area contributed by atoms with E-state index in [9.17, 15) is 0 Å². The zero-order chi connectivity index (χ0) is 6.57. The quantitative estimate of drug-likeness (QED) is 0.362. The Balaban J connectivity index is 0. The molecule has 0 heterocycles. The molecule has 0 aliphatic rings. The van der Waals surface area contributed by atoms with E-state index in [1.807, 2.05) is 13.8 Å². The summed E-state index contributed by atoms with van der Waals surface area (Å²) in [6, 6.07) is 0.294. The van der Waals surface area contributed by atoms with Crippen molar-refractivity contribution in [2.45, 2.75) is 19.9 Å². The van der Waals surface area contributed by atoms with E-state index in [-0.39, 0.29) is 12.4 Å². The van der Waals surface area contributed by atoms with Crippen molar-refractivity contribution in [1.29, 1.82) is 0 Å². The number of thiol groups is 1. The number of nitrogens with two attached hydrogens (primary N) is 1. The van der Waals surface area contributed by atoms with Crippen molar-refractivity contribution < 1.29 is 0 Å². The Bertz CT molecular complexity index is 93.0. The summed E-state index contributed by atoms with van der Waals surface area (Å²) in [6.45, 7) is 3.96. The van der Waals surface area contributed by atoms with Crippen LogP contribution in [0.2, 0.25) is 0 Å². The lowest BCUT2D eigenvalue weighted by Gasteiger charge is -1.96. The van der Waals surface area contributed by atoms with Gasteiger partial charge in [-0.2, -0.15) is 12.6 Å². The van der Waals surface area contributed by atoms with Crippen LogP contribution in [0.4, 0.5) is 0 Å². The molecule has 0 atom stereocenters. The number of halogens is 1. The van der Waals surface area contributed by atoms with E-state index in [4.69, 9.17) is 5.73 Å². The van der Waals surface area contributed by atoms with Gasteiger partial charge in [0.15, 0.2) is 0 Å². The van der Waals surface area contributed by atoms with Gasteiger partial charge >= 0.3 is 0 Å². The molecule has 0 unspecified atom stereocenters. The van der Waals surface area contributed by atoms with Crippen molar-refractivity contribution in [1.82, 2.24) is 0 Å². The summed E-state index contributed by atoms with van der Waals surface area (Å²) in [4.78, 5) is 4.01. The molecule has 0 saturated carbocycles. The highest BCUT2D eigenvalue weighted by Gasteiger charge is 1.88. The van der Waals surface area contributed by atoms with E-state index in [1.165, 1.54) is 0 Å². The van der Waals surface area contributed by atoms with E-state index < -0.39 is 0 Å². The fraction of sp³-hybridized carbons (Fsp3) is 0.800. The van der Waals surface area contributed by atoms with E-state index in [0.717, 1.165) is 0 Å². The molecular weight excluding hydrogens is 156 g/mol. The molecule has 0 fully saturated rings. The van der Waals surface area contributed by atoms with Crippen LogP contribution in [-0.2, 0) is 0 Å². The molecule has 0 amide bonds. The van der Waals surface area contributed by atoms with Gasteiger partial charge in [0.05, 0.1) is 0 Å². The maximum atomic E-state index is 5.35. The van der Waals surface area contributed by atoms with Gasteiger partial charge in [-0.25, -0.2) is 0 Å². The number of hydrogen-bond acceptors (Lipinski definition) is 2. The number of amidine groups is 1. The molecule has 0 radical (unpaired) electrons. The highest BCUT2D eigenvalue weighted by Crippen LogP contribution is 1.85. The van der Waals surface area contributed by atoms with Crippen LogP contribution in [0.5, 0.6) is 0 Å². The van der Waals surface area contributed by atoms with Crippen molar-refractivity contribution in [2.24, 2.45) is 10.7 Å². The predicted octanol–water partition coefficient (Wildman–Crippen LogP) is 1.10. The van der Waals surface area contributed by atoms with Gasteiger partial charge in [0.2, 0.25) is 0 Å². The molecule has 2 nitrogen and oxygen atoms in total. The first-order valence-electron chi connectivity index (χ1n) is 2.59. The van der Waals surface area contributed by atoms with E-state index in [2.05, 4.69) is 17.6 Å². The summed E-state index contributed by atoms with van der Waals surface area (Å²) in [6.07, 6.45) is 0. The molecule has 0 saturated heterocycles. The Kier molecular flexibility index (Phi) is 8.21. The first kappa shape index (κ1) is 11.9. The third-order valence-electron chi connectivity index (χ3n) is 0.586. The minimum Gasteiger partial charge on any atom is -0.387 e. The Hall–Kier alpha value is 0.110. The molecule has 0 aliphatic heterocycles. The lowest BCUT2D eigenvalue weighted by Crippen LogP contribution is -2.15. The average Bonchev–Trinajstić information content (AvgIpc) is 1.65. The van der Waals surface area contributed by atoms with Crippen LogP contribution in [0.1, 0.15) is 13.8 Å². The maximum absolute atomic E-state index is 5.35. The third-order valence-corrected chi connectivity index (χ3v) is 0.910. The minimum absolute atomic E-state index is 0. The maximum Gasteiger partial charge on any atom is 0.104 e. The minimum atomic E-state index is 0. The second-order valence-corrected chi connectivity index (χ2v) is 2.19. The summed E-state index contributed by atoms with van der Waals surface area (Å²) < 4.78 is 0. The Morgan fingerprint density at radius 1 is 1.67 bits per heavy atom. The second-order valence-electron chi connectivity index (χ2n) is 1.87. The first-order chi connectivity index (χ1) is 3.66. The van der Waals surface area contributed by atoms with Crippen LogP contribution in [0.3, 0.4) is 0 Å². The lowest BCUT2D eigenvalue weighted by atomic mass is 10.4. The zero-order valence-electron chi connectivity index (χ0n) is 5.66. The zero-order valence-corrected chi connectivity index (χ0v) is 7.38. The van der Waals surface area contributed by atoms with Gasteiger partial charge in [-0.15, -0.1) is 12.4 Å². The van der Waals surface area contributed by atoms with Gasteiger partial charge in [0, 0.05) is 11.8 Å². The Morgan fingerprint density at radius 3 is 2.22 bits per heavy atom. The molecule has 0 spiro atoms. The van der Waals surface area contributed by atoms with Crippen molar-refractivity contribution in [3.8, 4) is 0 Å². The summed E-state index contributed by atoms with van der Waals surface area (Å²) in [7, 11) is 0. The van der Waals surface area contributed by atoms with Crippen LogP contribution < -0.4 is 5.73 Å². The van der Waals surface area contributed by atoms with E-state index >= 15 is 0 Å². The van der Waals surface area contributed by atoms with Crippen molar-refractivity contribution in [3.05, 3.63) is 0 Å². The van der Waals surface area contributed by atoms with E-state index in [0.29, 0.717) is 17.6 Å². The predicted molar refractivity (Wildman–Crippen MR) is 47.9 cm³/mol. The fourth-order valence-corrected chi connectivity index (χ4v) is 0.454. The van der Waals surface area contributed by atoms with Crippen LogP contribution in [0, 0.1) is 0 Å². The molecule has 9 heavy (non-hydrogen) atoms. The van der Waals surface area contributed by atoms with Crippen molar-refractivity contribution in [2.75, 3.05) is 5.75 Å². The third kappa shape index (κ3) is 8.11. The molecule has 0 aromatic heterocycles. The second kappa shape index (κ2) is 6.23. The normalized spacial score (nSPS) is 11.3. The number of hydrogen-bond donors (Lipinski definition) is 2. The number of aliphatic imine (C=N–C) groups is 1. The van der Waals surface area contributed by atoms with E-state index in [1.54, 1.807) is 0 Å². The SMILES string of the molecule is CC(C)N=C(N)CS.Cl. The summed E-state index contributed by atoms with van der Waals surface area (Å²) in [5.74, 6) is 1.17. The van der Waals surface area contributed by atoms with Crippen molar-refractivity contribution in [3.63, 3.8) is 0 Å². The molecule has 0 aromatic rings. The molecule has 0 aromatic carbocycles. The van der Waals surface area contributed by atoms with Gasteiger partial charge in [0.1, 0.15) is 5.84 Å². The number of rotatable bonds is 2. The molecule has 2 N–H and O–H groups in total.